The van der Waals surface area contributed by atoms with Crippen LogP contribution in [0.2, 0.25) is 0 Å². The fourth-order valence-electron chi connectivity index (χ4n) is 2.05. The lowest BCUT2D eigenvalue weighted by atomic mass is 9.84. The minimum Gasteiger partial charge on any atom is -0.389 e. The highest BCUT2D eigenvalue weighted by atomic mass is 16.3. The molecular weight excluding hydrogens is 200 g/mol. The van der Waals surface area contributed by atoms with Crippen LogP contribution in [0.4, 0.5) is 0 Å². The molecule has 0 aliphatic heterocycles. The first-order valence-corrected chi connectivity index (χ1v) is 6.10. The average Bonchev–Trinajstić information content (AvgIpc) is 2.77. The Morgan fingerprint density at radius 2 is 2.19 bits per heavy atom. The Balaban J connectivity index is 2.08. The number of nitrogens with zero attached hydrogens (tertiary/aromatic N) is 2. The van der Waals surface area contributed by atoms with Gasteiger partial charge in [-0.05, 0) is 45.1 Å². The molecular formula is C13H22N2O. The Hall–Kier alpha value is -0.830. The van der Waals surface area contributed by atoms with E-state index in [2.05, 4.69) is 25.9 Å². The molecule has 1 aromatic rings. The maximum Gasteiger partial charge on any atom is 0.0728 e. The van der Waals surface area contributed by atoms with Crippen LogP contribution in [0.5, 0.6) is 0 Å². The van der Waals surface area contributed by atoms with Crippen molar-refractivity contribution in [1.82, 2.24) is 9.78 Å². The van der Waals surface area contributed by atoms with Gasteiger partial charge in [0.1, 0.15) is 0 Å². The fourth-order valence-corrected chi connectivity index (χ4v) is 2.05. The van der Waals surface area contributed by atoms with E-state index in [1.165, 1.54) is 0 Å². The summed E-state index contributed by atoms with van der Waals surface area (Å²) in [6.45, 7) is 8.31. The number of hydrogen-bond acceptors (Lipinski definition) is 2. The second-order valence-electron chi connectivity index (χ2n) is 5.89. The molecule has 1 heterocycles. The number of aliphatic hydroxyl groups is 1. The predicted octanol–water partition coefficient (Wildman–Crippen LogP) is 2.56. The summed E-state index contributed by atoms with van der Waals surface area (Å²) < 4.78 is 1.95. The molecule has 16 heavy (non-hydrogen) atoms. The Kier molecular flexibility index (Phi) is 2.61. The van der Waals surface area contributed by atoms with Gasteiger partial charge in [0.05, 0.1) is 11.3 Å². The smallest absolute Gasteiger partial charge is 0.0728 e. The van der Waals surface area contributed by atoms with Crippen LogP contribution in [-0.4, -0.2) is 20.5 Å². The molecule has 1 saturated carbocycles. The summed E-state index contributed by atoms with van der Waals surface area (Å²) in [5.74, 6) is 0. The summed E-state index contributed by atoms with van der Waals surface area (Å²) in [4.78, 5) is 0. The number of hydrogen-bond donors (Lipinski definition) is 1. The van der Waals surface area contributed by atoms with Gasteiger partial charge in [0.2, 0.25) is 0 Å². The Morgan fingerprint density at radius 3 is 2.62 bits per heavy atom. The van der Waals surface area contributed by atoms with Crippen LogP contribution in [0.3, 0.4) is 0 Å². The van der Waals surface area contributed by atoms with E-state index >= 15 is 0 Å². The summed E-state index contributed by atoms with van der Waals surface area (Å²) in [5.41, 5.74) is 0.476. The van der Waals surface area contributed by atoms with Gasteiger partial charge in [-0.2, -0.15) is 5.10 Å². The van der Waals surface area contributed by atoms with Gasteiger partial charge >= 0.3 is 0 Å². The van der Waals surface area contributed by atoms with Crippen LogP contribution < -0.4 is 0 Å². The molecule has 1 atom stereocenters. The van der Waals surface area contributed by atoms with E-state index in [1.807, 2.05) is 23.9 Å². The largest absolute Gasteiger partial charge is 0.389 e. The molecule has 0 radical (unpaired) electrons. The van der Waals surface area contributed by atoms with Crippen molar-refractivity contribution < 1.29 is 5.11 Å². The maximum absolute atomic E-state index is 10.5. The molecule has 0 spiro atoms. The molecule has 1 aromatic heterocycles. The molecule has 0 aromatic carbocycles. The second-order valence-corrected chi connectivity index (χ2v) is 5.89. The van der Waals surface area contributed by atoms with Gasteiger partial charge in [-0.25, -0.2) is 0 Å². The molecule has 1 N–H and O–H groups in total. The van der Waals surface area contributed by atoms with Crippen LogP contribution in [0.25, 0.3) is 0 Å². The first kappa shape index (κ1) is 11.6. The van der Waals surface area contributed by atoms with E-state index < -0.39 is 5.60 Å². The lowest BCUT2D eigenvalue weighted by Gasteiger charge is -2.29. The number of rotatable bonds is 4. The predicted molar refractivity (Wildman–Crippen MR) is 64.3 cm³/mol. The zero-order valence-corrected chi connectivity index (χ0v) is 10.7. The Labute approximate surface area is 97.5 Å². The third kappa shape index (κ3) is 2.01. The summed E-state index contributed by atoms with van der Waals surface area (Å²) in [7, 11) is 0. The molecule has 3 heteroatoms. The lowest BCUT2D eigenvalue weighted by molar-refractivity contribution is -0.00796. The first-order chi connectivity index (χ1) is 7.34. The van der Waals surface area contributed by atoms with E-state index in [1.54, 1.807) is 0 Å². The van der Waals surface area contributed by atoms with E-state index in [-0.39, 0.29) is 5.41 Å². The van der Waals surface area contributed by atoms with Crippen molar-refractivity contribution in [2.75, 3.05) is 0 Å². The minimum absolute atomic E-state index is 0.106. The molecule has 1 unspecified atom stereocenters. The summed E-state index contributed by atoms with van der Waals surface area (Å²) in [6.07, 6.45) is 4.91. The van der Waals surface area contributed by atoms with Crippen molar-refractivity contribution in [3.05, 3.63) is 18.0 Å². The molecule has 0 amide bonds. The molecule has 1 fully saturated rings. The molecule has 0 bridgehead atoms. The van der Waals surface area contributed by atoms with Gasteiger partial charge in [-0.3, -0.25) is 4.68 Å². The Bertz CT molecular complexity index is 375. The highest BCUT2D eigenvalue weighted by molar-refractivity contribution is 5.11. The molecule has 0 saturated heterocycles. The average molecular weight is 222 g/mol. The highest BCUT2D eigenvalue weighted by Crippen LogP contribution is 2.54. The zero-order valence-electron chi connectivity index (χ0n) is 10.7. The minimum atomic E-state index is -0.622. The van der Waals surface area contributed by atoms with Crippen LogP contribution in [0.1, 0.15) is 52.3 Å². The van der Waals surface area contributed by atoms with Crippen LogP contribution in [0.15, 0.2) is 12.3 Å². The van der Waals surface area contributed by atoms with Crippen LogP contribution >= 0.6 is 0 Å². The topological polar surface area (TPSA) is 38.0 Å². The first-order valence-electron chi connectivity index (χ1n) is 6.10. The van der Waals surface area contributed by atoms with Crippen molar-refractivity contribution in [2.24, 2.45) is 5.41 Å². The molecule has 2 rings (SSSR count). The van der Waals surface area contributed by atoms with Crippen molar-refractivity contribution in [2.45, 2.75) is 58.6 Å². The van der Waals surface area contributed by atoms with Gasteiger partial charge in [0, 0.05) is 18.7 Å². The van der Waals surface area contributed by atoms with Gasteiger partial charge < -0.3 is 5.11 Å². The van der Waals surface area contributed by atoms with Crippen molar-refractivity contribution in [3.8, 4) is 0 Å². The van der Waals surface area contributed by atoms with Crippen LogP contribution in [0, 0.1) is 5.41 Å². The summed E-state index contributed by atoms with van der Waals surface area (Å²) in [6, 6.07) is 2.40. The van der Waals surface area contributed by atoms with Gasteiger partial charge in [-0.15, -0.1) is 0 Å². The maximum atomic E-state index is 10.5. The standard InChI is InChI=1S/C13H22N2O/c1-10(2)15-8-5-11(14-15)9-13(4,16)12(3)6-7-12/h5,8,10,16H,6-7,9H2,1-4H3. The van der Waals surface area contributed by atoms with E-state index in [0.29, 0.717) is 12.5 Å². The van der Waals surface area contributed by atoms with Crippen molar-refractivity contribution in [1.29, 1.82) is 0 Å². The molecule has 1 aliphatic carbocycles. The summed E-state index contributed by atoms with van der Waals surface area (Å²) >= 11 is 0. The quantitative estimate of drug-likeness (QED) is 0.850. The van der Waals surface area contributed by atoms with Gasteiger partial charge in [0.25, 0.3) is 0 Å². The van der Waals surface area contributed by atoms with Crippen molar-refractivity contribution >= 4 is 0 Å². The van der Waals surface area contributed by atoms with Crippen LogP contribution in [-0.2, 0) is 6.42 Å². The highest BCUT2D eigenvalue weighted by Gasteiger charge is 2.52. The van der Waals surface area contributed by atoms with Crippen molar-refractivity contribution in [3.63, 3.8) is 0 Å². The lowest BCUT2D eigenvalue weighted by Crippen LogP contribution is -2.37. The molecule has 1 aliphatic rings. The van der Waals surface area contributed by atoms with E-state index in [4.69, 9.17) is 0 Å². The normalized spacial score (nSPS) is 22.1. The van der Waals surface area contributed by atoms with Gasteiger partial charge in [-0.1, -0.05) is 6.92 Å². The second kappa shape index (κ2) is 3.59. The van der Waals surface area contributed by atoms with E-state index in [9.17, 15) is 5.11 Å². The Morgan fingerprint density at radius 1 is 1.56 bits per heavy atom. The molecule has 90 valence electrons. The zero-order chi connectivity index (χ0) is 12.0. The molecule has 3 nitrogen and oxygen atoms in total. The van der Waals surface area contributed by atoms with Gasteiger partial charge in [0.15, 0.2) is 0 Å². The van der Waals surface area contributed by atoms with E-state index in [0.717, 1.165) is 18.5 Å². The fraction of sp³-hybridized carbons (Fsp3) is 0.769. The monoisotopic (exact) mass is 222 g/mol. The number of aromatic nitrogens is 2. The SMILES string of the molecule is CC(C)n1ccc(CC(C)(O)C2(C)CC2)n1. The third-order valence-corrected chi connectivity index (χ3v) is 4.02. The summed E-state index contributed by atoms with van der Waals surface area (Å²) in [5, 5.41) is 15.0. The third-order valence-electron chi connectivity index (χ3n) is 4.02.